The van der Waals surface area contributed by atoms with E-state index in [2.05, 4.69) is 10.5 Å². The van der Waals surface area contributed by atoms with E-state index in [-0.39, 0.29) is 24.1 Å². The maximum absolute atomic E-state index is 11.4. The second-order valence-corrected chi connectivity index (χ2v) is 3.32. The lowest BCUT2D eigenvalue weighted by atomic mass is 10.2. The Morgan fingerprint density at radius 1 is 1.79 bits per heavy atom. The van der Waals surface area contributed by atoms with Crippen LogP contribution in [0.2, 0.25) is 0 Å². The Morgan fingerprint density at radius 3 is 3.00 bits per heavy atom. The topological polar surface area (TPSA) is 75.4 Å². The zero-order valence-electron chi connectivity index (χ0n) is 8.28. The molecule has 0 saturated heterocycles. The van der Waals surface area contributed by atoms with Gasteiger partial charge in [-0.2, -0.15) is 0 Å². The van der Waals surface area contributed by atoms with E-state index in [9.17, 15) is 4.79 Å². The predicted molar refractivity (Wildman–Crippen MR) is 49.8 cm³/mol. The van der Waals surface area contributed by atoms with Gasteiger partial charge in [-0.15, -0.1) is 0 Å². The molecule has 1 amide bonds. The van der Waals surface area contributed by atoms with Crippen molar-refractivity contribution in [1.82, 2.24) is 10.5 Å². The number of nitrogens with zero attached hydrogens (tertiary/aromatic N) is 1. The van der Waals surface area contributed by atoms with Crippen molar-refractivity contribution >= 4 is 5.91 Å². The summed E-state index contributed by atoms with van der Waals surface area (Å²) in [5.74, 6) is 0.374. The maximum atomic E-state index is 11.4. The van der Waals surface area contributed by atoms with Crippen LogP contribution in [0.1, 0.15) is 23.2 Å². The third kappa shape index (κ3) is 2.85. The predicted octanol–water partition coefficient (Wildman–Crippen LogP) is 0.341. The van der Waals surface area contributed by atoms with Crippen LogP contribution in [0.25, 0.3) is 0 Å². The van der Waals surface area contributed by atoms with Gasteiger partial charge < -0.3 is 14.9 Å². The van der Waals surface area contributed by atoms with Gasteiger partial charge in [0.15, 0.2) is 5.69 Å². The first kappa shape index (κ1) is 10.7. The maximum Gasteiger partial charge on any atom is 0.273 e. The molecular formula is C9H14N2O3. The third-order valence-electron chi connectivity index (χ3n) is 1.78. The molecule has 5 nitrogen and oxygen atoms in total. The summed E-state index contributed by atoms with van der Waals surface area (Å²) in [6, 6.07) is 1.57. The van der Waals surface area contributed by atoms with Gasteiger partial charge >= 0.3 is 0 Å². The van der Waals surface area contributed by atoms with E-state index < -0.39 is 0 Å². The first-order chi connectivity index (χ1) is 6.63. The minimum atomic E-state index is -0.276. The van der Waals surface area contributed by atoms with E-state index in [0.717, 1.165) is 0 Å². The molecule has 0 aliphatic carbocycles. The van der Waals surface area contributed by atoms with E-state index >= 15 is 0 Å². The van der Waals surface area contributed by atoms with Gasteiger partial charge in [0.1, 0.15) is 5.76 Å². The van der Waals surface area contributed by atoms with Crippen LogP contribution >= 0.6 is 0 Å². The second-order valence-electron chi connectivity index (χ2n) is 3.32. The van der Waals surface area contributed by atoms with Gasteiger partial charge in [-0.1, -0.05) is 12.1 Å². The number of amides is 1. The van der Waals surface area contributed by atoms with Crippen molar-refractivity contribution < 1.29 is 14.4 Å². The van der Waals surface area contributed by atoms with Crippen molar-refractivity contribution in [3.8, 4) is 0 Å². The summed E-state index contributed by atoms with van der Waals surface area (Å²) in [7, 11) is 0. The monoisotopic (exact) mass is 198 g/mol. The first-order valence-corrected chi connectivity index (χ1v) is 4.46. The molecule has 14 heavy (non-hydrogen) atoms. The van der Waals surface area contributed by atoms with Gasteiger partial charge in [0.2, 0.25) is 0 Å². The minimum absolute atomic E-state index is 0.0481. The molecule has 1 aromatic rings. The standard InChI is InChI=1S/C9H14N2O3/c1-6(5-12)4-10-9(13)8-3-7(2)14-11-8/h3,6,12H,4-5H2,1-2H3,(H,10,13). The van der Waals surface area contributed by atoms with E-state index in [1.54, 1.807) is 13.0 Å². The molecule has 0 spiro atoms. The average Bonchev–Trinajstić information content (AvgIpc) is 2.60. The molecule has 1 atom stereocenters. The number of aliphatic hydroxyl groups is 1. The first-order valence-electron chi connectivity index (χ1n) is 4.46. The zero-order chi connectivity index (χ0) is 10.6. The van der Waals surface area contributed by atoms with Gasteiger partial charge in [0.05, 0.1) is 0 Å². The third-order valence-corrected chi connectivity index (χ3v) is 1.78. The fraction of sp³-hybridized carbons (Fsp3) is 0.556. The van der Waals surface area contributed by atoms with Gasteiger partial charge in [-0.05, 0) is 12.8 Å². The van der Waals surface area contributed by atoms with Crippen molar-refractivity contribution in [2.24, 2.45) is 5.92 Å². The Bertz CT molecular complexity index is 309. The lowest BCUT2D eigenvalue weighted by molar-refractivity contribution is 0.0933. The fourth-order valence-electron chi connectivity index (χ4n) is 0.895. The lowest BCUT2D eigenvalue weighted by Gasteiger charge is -2.07. The number of aryl methyl sites for hydroxylation is 1. The number of nitrogens with one attached hydrogen (secondary N) is 1. The molecule has 5 heteroatoms. The van der Waals surface area contributed by atoms with Crippen LogP contribution in [0.4, 0.5) is 0 Å². The Balaban J connectivity index is 2.43. The molecule has 0 aliphatic heterocycles. The molecule has 1 rings (SSSR count). The highest BCUT2D eigenvalue weighted by Crippen LogP contribution is 2.01. The number of hydrogen-bond acceptors (Lipinski definition) is 4. The Kier molecular flexibility index (Phi) is 3.64. The number of aliphatic hydroxyl groups excluding tert-OH is 1. The fourth-order valence-corrected chi connectivity index (χ4v) is 0.895. The molecule has 0 bridgehead atoms. The minimum Gasteiger partial charge on any atom is -0.396 e. The van der Waals surface area contributed by atoms with E-state index in [0.29, 0.717) is 12.3 Å². The number of carbonyl (C=O) groups is 1. The SMILES string of the molecule is Cc1cc(C(=O)NCC(C)CO)no1. The summed E-state index contributed by atoms with van der Waals surface area (Å²) in [6.45, 7) is 4.05. The molecule has 0 aliphatic rings. The van der Waals surface area contributed by atoms with Crippen LogP contribution in [-0.2, 0) is 0 Å². The molecule has 1 unspecified atom stereocenters. The molecule has 78 valence electrons. The normalized spacial score (nSPS) is 12.5. The van der Waals surface area contributed by atoms with Crippen molar-refractivity contribution in [1.29, 1.82) is 0 Å². The zero-order valence-corrected chi connectivity index (χ0v) is 8.28. The van der Waals surface area contributed by atoms with Crippen LogP contribution in [-0.4, -0.2) is 29.3 Å². The molecule has 0 radical (unpaired) electrons. The smallest absolute Gasteiger partial charge is 0.273 e. The number of rotatable bonds is 4. The lowest BCUT2D eigenvalue weighted by Crippen LogP contribution is -2.29. The molecule has 0 saturated carbocycles. The highest BCUT2D eigenvalue weighted by molar-refractivity contribution is 5.92. The van der Waals surface area contributed by atoms with Crippen LogP contribution in [0.15, 0.2) is 10.6 Å². The van der Waals surface area contributed by atoms with E-state index in [1.807, 2.05) is 6.92 Å². The summed E-state index contributed by atoms with van der Waals surface area (Å²) >= 11 is 0. The van der Waals surface area contributed by atoms with Crippen LogP contribution in [0.3, 0.4) is 0 Å². The van der Waals surface area contributed by atoms with E-state index in [4.69, 9.17) is 9.63 Å². The van der Waals surface area contributed by atoms with Crippen molar-refractivity contribution in [3.63, 3.8) is 0 Å². The average molecular weight is 198 g/mol. The molecular weight excluding hydrogens is 184 g/mol. The summed E-state index contributed by atoms with van der Waals surface area (Å²) in [5, 5.41) is 14.9. The van der Waals surface area contributed by atoms with Gasteiger partial charge in [0, 0.05) is 19.2 Å². The summed E-state index contributed by atoms with van der Waals surface area (Å²) in [4.78, 5) is 11.4. The highest BCUT2D eigenvalue weighted by atomic mass is 16.5. The largest absolute Gasteiger partial charge is 0.396 e. The summed E-state index contributed by atoms with van der Waals surface area (Å²) in [5.41, 5.74) is 0.271. The van der Waals surface area contributed by atoms with Gasteiger partial charge in [0.25, 0.3) is 5.91 Å². The molecule has 0 fully saturated rings. The van der Waals surface area contributed by atoms with Crippen LogP contribution in [0.5, 0.6) is 0 Å². The molecule has 1 heterocycles. The number of hydrogen-bond donors (Lipinski definition) is 2. The van der Waals surface area contributed by atoms with Crippen molar-refractivity contribution in [3.05, 3.63) is 17.5 Å². The van der Waals surface area contributed by atoms with Gasteiger partial charge in [-0.25, -0.2) is 0 Å². The van der Waals surface area contributed by atoms with Crippen molar-refractivity contribution in [2.45, 2.75) is 13.8 Å². The van der Waals surface area contributed by atoms with Gasteiger partial charge in [-0.3, -0.25) is 4.79 Å². The Morgan fingerprint density at radius 2 is 2.50 bits per heavy atom. The van der Waals surface area contributed by atoms with Crippen LogP contribution < -0.4 is 5.32 Å². The Labute approximate surface area is 82.1 Å². The second kappa shape index (κ2) is 4.76. The summed E-state index contributed by atoms with van der Waals surface area (Å²) in [6.07, 6.45) is 0. The van der Waals surface area contributed by atoms with Crippen LogP contribution in [0, 0.1) is 12.8 Å². The highest BCUT2D eigenvalue weighted by Gasteiger charge is 2.11. The van der Waals surface area contributed by atoms with Crippen molar-refractivity contribution in [2.75, 3.05) is 13.2 Å². The molecule has 1 aromatic heterocycles. The summed E-state index contributed by atoms with van der Waals surface area (Å²) < 4.78 is 4.76. The Hall–Kier alpha value is -1.36. The number of carbonyl (C=O) groups excluding carboxylic acids is 1. The van der Waals surface area contributed by atoms with E-state index in [1.165, 1.54) is 0 Å². The quantitative estimate of drug-likeness (QED) is 0.731. The molecule has 2 N–H and O–H groups in total. The number of aromatic nitrogens is 1. The molecule has 0 aromatic carbocycles.